The van der Waals surface area contributed by atoms with Gasteiger partial charge in [-0.15, -0.1) is 23.2 Å². The Morgan fingerprint density at radius 1 is 0.947 bits per heavy atom. The summed E-state index contributed by atoms with van der Waals surface area (Å²) >= 11 is 12.5. The number of carbonyl (C=O) groups is 1. The summed E-state index contributed by atoms with van der Waals surface area (Å²) in [5.74, 6) is -0.148. The maximum absolute atomic E-state index is 12.3. The van der Waals surface area contributed by atoms with Crippen molar-refractivity contribution >= 4 is 29.0 Å². The lowest BCUT2D eigenvalue weighted by molar-refractivity contribution is 0.0985. The van der Waals surface area contributed by atoms with Crippen LogP contribution in [-0.4, -0.2) is 11.2 Å². The van der Waals surface area contributed by atoms with Crippen LogP contribution in [0.2, 0.25) is 0 Å². The van der Waals surface area contributed by atoms with Crippen LogP contribution in [0.15, 0.2) is 54.6 Å². The predicted molar refractivity (Wildman–Crippen MR) is 80.2 cm³/mol. The maximum atomic E-state index is 12.3. The van der Waals surface area contributed by atoms with Crippen molar-refractivity contribution in [3.8, 4) is 0 Å². The molecular formula is C16H14Cl2O. The molecule has 98 valence electrons. The van der Waals surface area contributed by atoms with E-state index in [4.69, 9.17) is 23.2 Å². The first-order valence-electron chi connectivity index (χ1n) is 6.03. The largest absolute Gasteiger partial charge is 0.292 e. The summed E-state index contributed by atoms with van der Waals surface area (Å²) in [5, 5.41) is -1.30. The lowest BCUT2D eigenvalue weighted by Gasteiger charge is -2.15. The van der Waals surface area contributed by atoms with Crippen LogP contribution in [0.4, 0.5) is 0 Å². The van der Waals surface area contributed by atoms with Crippen molar-refractivity contribution in [1.29, 1.82) is 0 Å². The highest BCUT2D eigenvalue weighted by molar-refractivity contribution is 6.39. The topological polar surface area (TPSA) is 17.1 Å². The average molecular weight is 293 g/mol. The van der Waals surface area contributed by atoms with E-state index in [1.165, 1.54) is 0 Å². The molecule has 19 heavy (non-hydrogen) atoms. The Hall–Kier alpha value is -1.31. The molecule has 0 saturated carbocycles. The first kappa shape index (κ1) is 14.1. The monoisotopic (exact) mass is 292 g/mol. The van der Waals surface area contributed by atoms with E-state index in [-0.39, 0.29) is 5.78 Å². The van der Waals surface area contributed by atoms with Gasteiger partial charge in [0.2, 0.25) is 0 Å². The van der Waals surface area contributed by atoms with E-state index in [0.717, 1.165) is 11.1 Å². The highest BCUT2D eigenvalue weighted by atomic mass is 35.5. The van der Waals surface area contributed by atoms with Crippen LogP contribution < -0.4 is 0 Å². The Balaban J connectivity index is 2.17. The van der Waals surface area contributed by atoms with Crippen LogP contribution in [0.5, 0.6) is 0 Å². The van der Waals surface area contributed by atoms with Crippen LogP contribution in [-0.2, 0) is 0 Å². The van der Waals surface area contributed by atoms with Gasteiger partial charge in [-0.05, 0) is 12.5 Å². The molecule has 2 aromatic carbocycles. The highest BCUT2D eigenvalue weighted by Crippen LogP contribution is 2.30. The van der Waals surface area contributed by atoms with Gasteiger partial charge in [0.1, 0.15) is 5.38 Å². The number of halogens is 2. The minimum atomic E-state index is -0.772. The number of benzene rings is 2. The zero-order valence-electron chi connectivity index (χ0n) is 10.5. The molecule has 0 amide bonds. The summed E-state index contributed by atoms with van der Waals surface area (Å²) in [5.41, 5.74) is 2.55. The Bertz CT molecular complexity index is 549. The number of Topliss-reactive ketones (excluding diaryl/α,β-unsaturated/α-hetero) is 1. The first-order chi connectivity index (χ1) is 9.09. The van der Waals surface area contributed by atoms with Crippen LogP contribution >= 0.6 is 23.2 Å². The molecule has 0 spiro atoms. The second kappa shape index (κ2) is 6.23. The quantitative estimate of drug-likeness (QED) is 0.586. The average Bonchev–Trinajstić information content (AvgIpc) is 2.46. The molecule has 0 radical (unpaired) electrons. The highest BCUT2D eigenvalue weighted by Gasteiger charge is 2.26. The van der Waals surface area contributed by atoms with Gasteiger partial charge in [0.25, 0.3) is 0 Å². The van der Waals surface area contributed by atoms with E-state index in [0.29, 0.717) is 5.56 Å². The maximum Gasteiger partial charge on any atom is 0.182 e. The molecule has 0 heterocycles. The molecule has 1 nitrogen and oxygen atoms in total. The fraction of sp³-hybridized carbons (Fsp3) is 0.188. The third-order valence-electron chi connectivity index (χ3n) is 2.96. The fourth-order valence-electron chi connectivity index (χ4n) is 1.82. The van der Waals surface area contributed by atoms with Gasteiger partial charge in [-0.1, -0.05) is 60.2 Å². The predicted octanol–water partition coefficient (Wildman–Crippen LogP) is 4.77. The second-order valence-corrected chi connectivity index (χ2v) is 5.38. The van der Waals surface area contributed by atoms with Crippen LogP contribution in [0, 0.1) is 6.92 Å². The molecule has 2 atom stereocenters. The molecule has 2 aromatic rings. The van der Waals surface area contributed by atoms with Gasteiger partial charge < -0.3 is 0 Å². The minimum absolute atomic E-state index is 0.148. The summed E-state index contributed by atoms with van der Waals surface area (Å²) in [6, 6.07) is 16.7. The van der Waals surface area contributed by atoms with E-state index >= 15 is 0 Å². The third-order valence-corrected chi connectivity index (χ3v) is 4.04. The number of alkyl halides is 2. The van der Waals surface area contributed by atoms with Crippen molar-refractivity contribution in [2.45, 2.75) is 17.7 Å². The summed E-state index contributed by atoms with van der Waals surface area (Å²) in [7, 11) is 0. The molecule has 2 unspecified atom stereocenters. The molecule has 0 N–H and O–H groups in total. The molecule has 0 aliphatic heterocycles. The minimum Gasteiger partial charge on any atom is -0.292 e. The van der Waals surface area contributed by atoms with Crippen molar-refractivity contribution in [1.82, 2.24) is 0 Å². The Labute approximate surface area is 123 Å². The van der Waals surface area contributed by atoms with Crippen LogP contribution in [0.25, 0.3) is 0 Å². The van der Waals surface area contributed by atoms with Crippen molar-refractivity contribution in [2.24, 2.45) is 0 Å². The lowest BCUT2D eigenvalue weighted by Crippen LogP contribution is -2.20. The van der Waals surface area contributed by atoms with E-state index in [2.05, 4.69) is 0 Å². The normalized spacial score (nSPS) is 13.8. The number of aryl methyl sites for hydroxylation is 1. The Kier molecular flexibility index (Phi) is 4.62. The molecular weight excluding hydrogens is 279 g/mol. The molecule has 0 aliphatic rings. The van der Waals surface area contributed by atoms with E-state index in [1.54, 1.807) is 12.1 Å². The molecule has 2 rings (SSSR count). The van der Waals surface area contributed by atoms with E-state index in [9.17, 15) is 4.79 Å². The third kappa shape index (κ3) is 3.37. The first-order valence-corrected chi connectivity index (χ1v) is 6.91. The molecule has 0 bridgehead atoms. The summed E-state index contributed by atoms with van der Waals surface area (Å²) < 4.78 is 0. The van der Waals surface area contributed by atoms with Crippen molar-refractivity contribution in [3.05, 3.63) is 71.3 Å². The standard InChI is InChI=1S/C16H14Cl2O/c1-11-7-9-13(10-8-11)16(19)15(18)14(17)12-5-3-2-4-6-12/h2-10,14-15H,1H3. The molecule has 0 aliphatic carbocycles. The van der Waals surface area contributed by atoms with Crippen LogP contribution in [0.3, 0.4) is 0 Å². The smallest absolute Gasteiger partial charge is 0.182 e. The number of hydrogen-bond acceptors (Lipinski definition) is 1. The van der Waals surface area contributed by atoms with E-state index < -0.39 is 10.8 Å². The Morgan fingerprint density at radius 2 is 1.53 bits per heavy atom. The molecule has 0 saturated heterocycles. The van der Waals surface area contributed by atoms with Gasteiger partial charge >= 0.3 is 0 Å². The number of hydrogen-bond donors (Lipinski definition) is 0. The van der Waals surface area contributed by atoms with E-state index in [1.807, 2.05) is 49.4 Å². The second-order valence-electron chi connectivity index (χ2n) is 4.44. The van der Waals surface area contributed by atoms with Gasteiger partial charge in [0.05, 0.1) is 5.38 Å². The SMILES string of the molecule is Cc1ccc(C(=O)C(Cl)C(Cl)c2ccccc2)cc1. The van der Waals surface area contributed by atoms with Crippen molar-refractivity contribution in [3.63, 3.8) is 0 Å². The van der Waals surface area contributed by atoms with Gasteiger partial charge in [0.15, 0.2) is 5.78 Å². The van der Waals surface area contributed by atoms with Gasteiger partial charge in [-0.2, -0.15) is 0 Å². The zero-order valence-corrected chi connectivity index (χ0v) is 12.0. The zero-order chi connectivity index (χ0) is 13.8. The van der Waals surface area contributed by atoms with Gasteiger partial charge in [-0.25, -0.2) is 0 Å². The number of carbonyl (C=O) groups excluding carboxylic acids is 1. The molecule has 3 heteroatoms. The summed E-state index contributed by atoms with van der Waals surface area (Å²) in [6.07, 6.45) is 0. The lowest BCUT2D eigenvalue weighted by atomic mass is 10.0. The van der Waals surface area contributed by atoms with Gasteiger partial charge in [-0.3, -0.25) is 4.79 Å². The molecule has 0 fully saturated rings. The Morgan fingerprint density at radius 3 is 2.11 bits per heavy atom. The number of ketones is 1. The fourth-order valence-corrected chi connectivity index (χ4v) is 2.35. The van der Waals surface area contributed by atoms with Crippen molar-refractivity contribution < 1.29 is 4.79 Å². The van der Waals surface area contributed by atoms with Crippen molar-refractivity contribution in [2.75, 3.05) is 0 Å². The van der Waals surface area contributed by atoms with Crippen LogP contribution in [0.1, 0.15) is 26.9 Å². The molecule has 0 aromatic heterocycles. The van der Waals surface area contributed by atoms with Gasteiger partial charge in [0, 0.05) is 5.56 Å². The number of rotatable bonds is 4. The summed E-state index contributed by atoms with van der Waals surface area (Å²) in [4.78, 5) is 12.3. The summed E-state index contributed by atoms with van der Waals surface area (Å²) in [6.45, 7) is 1.97.